The Hall–Kier alpha value is -0.950. The largest absolute Gasteiger partial charge is 0.400 e. The van der Waals surface area contributed by atoms with E-state index in [1.807, 2.05) is 0 Å². The van der Waals surface area contributed by atoms with Crippen LogP contribution in [0.1, 0.15) is 20.8 Å². The molecule has 0 aliphatic rings. The first-order valence-electron chi connectivity index (χ1n) is 3.86. The maximum absolute atomic E-state index is 11.1. The second-order valence-electron chi connectivity index (χ2n) is 3.05. The van der Waals surface area contributed by atoms with Gasteiger partial charge in [-0.05, 0) is 20.8 Å². The molecule has 0 aromatic rings. The second kappa shape index (κ2) is 4.52. The molecule has 0 aliphatic heterocycles. The van der Waals surface area contributed by atoms with Gasteiger partial charge < -0.3 is 25.2 Å². The van der Waals surface area contributed by atoms with Gasteiger partial charge in [-0.25, -0.2) is 4.79 Å². The summed E-state index contributed by atoms with van der Waals surface area (Å²) in [4.78, 5) is 11.1. The van der Waals surface area contributed by atoms with Gasteiger partial charge in [0.1, 0.15) is 0 Å². The number of esters is 1. The standard InChI is InChI=1S/C8H14O6/c1-4(2)5(3)6(9)14-8(12,13)7(10)11/h7,10-13H,1-3H3. The van der Waals surface area contributed by atoms with Gasteiger partial charge in [-0.15, -0.1) is 0 Å². The maximum atomic E-state index is 11.1. The number of hydrogen-bond donors (Lipinski definition) is 4. The first kappa shape index (κ1) is 13.1. The molecule has 0 heterocycles. The van der Waals surface area contributed by atoms with Gasteiger partial charge in [0.25, 0.3) is 0 Å². The van der Waals surface area contributed by atoms with Crippen LogP contribution >= 0.6 is 0 Å². The van der Waals surface area contributed by atoms with E-state index in [0.29, 0.717) is 5.57 Å². The lowest BCUT2D eigenvalue weighted by Crippen LogP contribution is -2.46. The van der Waals surface area contributed by atoms with E-state index in [-0.39, 0.29) is 5.57 Å². The molecule has 0 unspecified atom stereocenters. The first-order chi connectivity index (χ1) is 6.18. The minimum absolute atomic E-state index is 0.165. The quantitative estimate of drug-likeness (QED) is 0.263. The van der Waals surface area contributed by atoms with Crippen LogP contribution in [0.25, 0.3) is 0 Å². The summed E-state index contributed by atoms with van der Waals surface area (Å²) in [5.41, 5.74) is 0.788. The van der Waals surface area contributed by atoms with Crippen molar-refractivity contribution < 1.29 is 30.0 Å². The average molecular weight is 206 g/mol. The number of hydrogen-bond acceptors (Lipinski definition) is 6. The van der Waals surface area contributed by atoms with Crippen molar-refractivity contribution in [3.63, 3.8) is 0 Å². The highest BCUT2D eigenvalue weighted by Gasteiger charge is 2.37. The predicted molar refractivity (Wildman–Crippen MR) is 45.5 cm³/mol. The van der Waals surface area contributed by atoms with Gasteiger partial charge in [0, 0.05) is 5.57 Å². The normalized spacial score (nSPS) is 11.4. The Bertz CT molecular complexity index is 249. The first-order valence-corrected chi connectivity index (χ1v) is 3.86. The number of rotatable bonds is 3. The van der Waals surface area contributed by atoms with E-state index in [1.54, 1.807) is 13.8 Å². The molecule has 0 amide bonds. The predicted octanol–water partition coefficient (Wildman–Crippen LogP) is -1.16. The summed E-state index contributed by atoms with van der Waals surface area (Å²) in [7, 11) is 0. The lowest BCUT2D eigenvalue weighted by atomic mass is 10.2. The summed E-state index contributed by atoms with van der Waals surface area (Å²) in [5, 5.41) is 34.4. The Labute approximate surface area is 81.1 Å². The van der Waals surface area contributed by atoms with E-state index in [0.717, 1.165) is 0 Å². The minimum atomic E-state index is -3.28. The monoisotopic (exact) mass is 206 g/mol. The van der Waals surface area contributed by atoms with Crippen LogP contribution in [-0.2, 0) is 9.53 Å². The van der Waals surface area contributed by atoms with Gasteiger partial charge in [-0.2, -0.15) is 0 Å². The average Bonchev–Trinajstić information content (AvgIpc) is 2.01. The molecule has 0 fully saturated rings. The van der Waals surface area contributed by atoms with E-state index in [9.17, 15) is 4.79 Å². The number of aliphatic hydroxyl groups is 4. The molecule has 14 heavy (non-hydrogen) atoms. The highest BCUT2D eigenvalue weighted by Crippen LogP contribution is 2.12. The molecule has 0 atom stereocenters. The van der Waals surface area contributed by atoms with Gasteiger partial charge in [-0.3, -0.25) is 0 Å². The van der Waals surface area contributed by atoms with Gasteiger partial charge in [0.2, 0.25) is 6.29 Å². The van der Waals surface area contributed by atoms with Gasteiger partial charge in [0.05, 0.1) is 0 Å². The fourth-order valence-electron chi connectivity index (χ4n) is 0.470. The topological polar surface area (TPSA) is 107 Å². The van der Waals surface area contributed by atoms with Crippen molar-refractivity contribution in [2.24, 2.45) is 0 Å². The Kier molecular flexibility index (Phi) is 4.21. The highest BCUT2D eigenvalue weighted by atomic mass is 16.8. The molecule has 0 saturated carbocycles. The third-order valence-electron chi connectivity index (χ3n) is 1.64. The second-order valence-corrected chi connectivity index (χ2v) is 3.05. The molecular weight excluding hydrogens is 192 g/mol. The number of allylic oxidation sites excluding steroid dienone is 1. The molecule has 0 aromatic carbocycles. The molecule has 0 radical (unpaired) electrons. The van der Waals surface area contributed by atoms with E-state index in [4.69, 9.17) is 20.4 Å². The molecule has 0 aliphatic carbocycles. The summed E-state index contributed by atoms with van der Waals surface area (Å²) >= 11 is 0. The van der Waals surface area contributed by atoms with Crippen molar-refractivity contribution in [1.82, 2.24) is 0 Å². The summed E-state index contributed by atoms with van der Waals surface area (Å²) < 4.78 is 4.04. The van der Waals surface area contributed by atoms with Crippen molar-refractivity contribution in [2.75, 3.05) is 0 Å². The van der Waals surface area contributed by atoms with Crippen LogP contribution in [-0.4, -0.2) is 38.7 Å². The summed E-state index contributed by atoms with van der Waals surface area (Å²) in [6.07, 6.45) is -2.57. The Balaban J connectivity index is 4.57. The molecule has 0 rings (SSSR count). The molecule has 6 nitrogen and oxygen atoms in total. The van der Waals surface area contributed by atoms with E-state index in [1.165, 1.54) is 6.92 Å². The molecule has 0 saturated heterocycles. The summed E-state index contributed by atoms with van der Waals surface area (Å²) in [5.74, 6) is -4.31. The zero-order valence-electron chi connectivity index (χ0n) is 8.18. The van der Waals surface area contributed by atoms with Crippen LogP contribution in [0.2, 0.25) is 0 Å². The Morgan fingerprint density at radius 3 is 1.93 bits per heavy atom. The number of carbonyl (C=O) groups excluding carboxylic acids is 1. The van der Waals surface area contributed by atoms with Crippen LogP contribution < -0.4 is 0 Å². The van der Waals surface area contributed by atoms with Crippen LogP contribution in [0.5, 0.6) is 0 Å². The van der Waals surface area contributed by atoms with Gasteiger partial charge in [0.15, 0.2) is 0 Å². The van der Waals surface area contributed by atoms with Crippen molar-refractivity contribution >= 4 is 5.97 Å². The molecule has 82 valence electrons. The molecule has 0 aromatic heterocycles. The smallest absolute Gasteiger partial charge is 0.378 e. The number of aliphatic hydroxyl groups excluding tert-OH is 1. The molecule has 0 spiro atoms. The zero-order valence-corrected chi connectivity index (χ0v) is 8.18. The maximum Gasteiger partial charge on any atom is 0.378 e. The third kappa shape index (κ3) is 3.43. The molecule has 0 bridgehead atoms. The van der Waals surface area contributed by atoms with Crippen molar-refractivity contribution in [1.29, 1.82) is 0 Å². The van der Waals surface area contributed by atoms with Crippen molar-refractivity contribution in [3.05, 3.63) is 11.1 Å². The summed E-state index contributed by atoms with van der Waals surface area (Å²) in [6.45, 7) is 4.67. The third-order valence-corrected chi connectivity index (χ3v) is 1.64. The zero-order chi connectivity index (χ0) is 11.5. The molecular formula is C8H14O6. The fraction of sp³-hybridized carbons (Fsp3) is 0.625. The number of ether oxygens (including phenoxy) is 1. The van der Waals surface area contributed by atoms with Crippen molar-refractivity contribution in [2.45, 2.75) is 33.0 Å². The van der Waals surface area contributed by atoms with Crippen LogP contribution in [0, 0.1) is 0 Å². The fourth-order valence-corrected chi connectivity index (χ4v) is 0.470. The SMILES string of the molecule is CC(C)=C(C)C(=O)OC(O)(O)C(O)O. The summed E-state index contributed by atoms with van der Waals surface area (Å²) in [6, 6.07) is 0. The lowest BCUT2D eigenvalue weighted by Gasteiger charge is -2.22. The lowest BCUT2D eigenvalue weighted by molar-refractivity contribution is -0.396. The Morgan fingerprint density at radius 2 is 1.64 bits per heavy atom. The molecule has 6 heteroatoms. The molecule has 4 N–H and O–H groups in total. The van der Waals surface area contributed by atoms with Crippen LogP contribution in [0.3, 0.4) is 0 Å². The van der Waals surface area contributed by atoms with Gasteiger partial charge in [-0.1, -0.05) is 5.57 Å². The highest BCUT2D eigenvalue weighted by molar-refractivity contribution is 5.88. The van der Waals surface area contributed by atoms with Crippen molar-refractivity contribution in [3.8, 4) is 0 Å². The van der Waals surface area contributed by atoms with E-state index < -0.39 is 18.2 Å². The van der Waals surface area contributed by atoms with Crippen LogP contribution in [0.15, 0.2) is 11.1 Å². The van der Waals surface area contributed by atoms with E-state index in [2.05, 4.69) is 4.74 Å². The Morgan fingerprint density at radius 1 is 1.21 bits per heavy atom. The van der Waals surface area contributed by atoms with E-state index >= 15 is 0 Å². The van der Waals surface area contributed by atoms with Crippen LogP contribution in [0.4, 0.5) is 0 Å². The minimum Gasteiger partial charge on any atom is -0.400 e. The van der Waals surface area contributed by atoms with Gasteiger partial charge >= 0.3 is 11.9 Å². The number of carbonyl (C=O) groups is 1.